The highest BCUT2D eigenvalue weighted by atomic mass is 16.2. The van der Waals surface area contributed by atoms with E-state index < -0.39 is 29.7 Å². The number of piperidine rings is 1. The van der Waals surface area contributed by atoms with Gasteiger partial charge in [0.2, 0.25) is 11.8 Å². The van der Waals surface area contributed by atoms with Crippen LogP contribution in [0.4, 0.5) is 11.4 Å². The smallest absolute Gasteiger partial charge is 0.262 e. The molecule has 1 aromatic heterocycles. The van der Waals surface area contributed by atoms with E-state index in [1.165, 1.54) is 0 Å². The number of aromatic nitrogens is 1. The van der Waals surface area contributed by atoms with Crippen LogP contribution in [0.1, 0.15) is 39.1 Å². The van der Waals surface area contributed by atoms with Gasteiger partial charge in [-0.25, -0.2) is 0 Å². The SMILES string of the molecule is O=C1CCC(N2C(=O)c3cccc(CNc4cncc(N5CCNCC5)c4)c3C2=O)C(=O)N1. The first-order valence-electron chi connectivity index (χ1n) is 11.0. The van der Waals surface area contributed by atoms with Crippen molar-refractivity contribution in [2.24, 2.45) is 0 Å². The van der Waals surface area contributed by atoms with Crippen LogP contribution in [0.2, 0.25) is 0 Å². The summed E-state index contributed by atoms with van der Waals surface area (Å²) in [5, 5.41) is 8.85. The van der Waals surface area contributed by atoms with Crippen molar-refractivity contribution in [3.8, 4) is 0 Å². The Balaban J connectivity index is 1.35. The number of carbonyl (C=O) groups is 4. The van der Waals surface area contributed by atoms with Gasteiger partial charge < -0.3 is 15.5 Å². The Kier molecular flexibility index (Phi) is 5.51. The molecule has 0 saturated carbocycles. The molecule has 0 radical (unpaired) electrons. The molecule has 2 saturated heterocycles. The highest BCUT2D eigenvalue weighted by Crippen LogP contribution is 2.30. The van der Waals surface area contributed by atoms with Crippen LogP contribution in [-0.4, -0.2) is 65.7 Å². The molecule has 0 aliphatic carbocycles. The van der Waals surface area contributed by atoms with Crippen LogP contribution in [0.15, 0.2) is 36.7 Å². The van der Waals surface area contributed by atoms with Gasteiger partial charge in [-0.15, -0.1) is 0 Å². The Labute approximate surface area is 190 Å². The first kappa shape index (κ1) is 21.1. The summed E-state index contributed by atoms with van der Waals surface area (Å²) in [4.78, 5) is 57.5. The number of amides is 4. The fraction of sp³-hybridized carbons (Fsp3) is 0.348. The zero-order valence-electron chi connectivity index (χ0n) is 18.0. The van der Waals surface area contributed by atoms with Crippen LogP contribution < -0.4 is 20.9 Å². The van der Waals surface area contributed by atoms with Gasteiger partial charge in [-0.3, -0.25) is 34.4 Å². The van der Waals surface area contributed by atoms with Crippen molar-refractivity contribution >= 4 is 35.0 Å². The maximum absolute atomic E-state index is 13.2. The van der Waals surface area contributed by atoms with Gasteiger partial charge in [0.15, 0.2) is 0 Å². The van der Waals surface area contributed by atoms with Gasteiger partial charge in [-0.05, 0) is 24.1 Å². The Morgan fingerprint density at radius 1 is 1.06 bits per heavy atom. The Morgan fingerprint density at radius 2 is 1.88 bits per heavy atom. The summed E-state index contributed by atoms with van der Waals surface area (Å²) >= 11 is 0. The van der Waals surface area contributed by atoms with Gasteiger partial charge in [-0.2, -0.15) is 0 Å². The van der Waals surface area contributed by atoms with Crippen molar-refractivity contribution in [3.63, 3.8) is 0 Å². The lowest BCUT2D eigenvalue weighted by molar-refractivity contribution is -0.136. The zero-order valence-corrected chi connectivity index (χ0v) is 18.0. The lowest BCUT2D eigenvalue weighted by Gasteiger charge is -2.29. The summed E-state index contributed by atoms with van der Waals surface area (Å²) in [7, 11) is 0. The number of carbonyl (C=O) groups excluding carboxylic acids is 4. The molecule has 1 unspecified atom stereocenters. The largest absolute Gasteiger partial charge is 0.380 e. The molecule has 4 amide bonds. The highest BCUT2D eigenvalue weighted by Gasteiger charge is 2.45. The van der Waals surface area contributed by atoms with Crippen LogP contribution in [0.25, 0.3) is 0 Å². The van der Waals surface area contributed by atoms with E-state index in [-0.39, 0.29) is 18.4 Å². The second kappa shape index (κ2) is 8.62. The predicted molar refractivity (Wildman–Crippen MR) is 120 cm³/mol. The molecule has 1 atom stereocenters. The van der Waals surface area contributed by atoms with E-state index in [0.29, 0.717) is 17.7 Å². The number of pyridine rings is 1. The van der Waals surface area contributed by atoms with E-state index in [9.17, 15) is 19.2 Å². The number of anilines is 2. The van der Waals surface area contributed by atoms with Crippen molar-refractivity contribution in [2.45, 2.75) is 25.4 Å². The lowest BCUT2D eigenvalue weighted by atomic mass is 10.0. The number of piperazine rings is 1. The summed E-state index contributed by atoms with van der Waals surface area (Å²) in [6.45, 7) is 3.98. The average molecular weight is 448 g/mol. The number of benzene rings is 1. The first-order chi connectivity index (χ1) is 16.0. The average Bonchev–Trinajstić information content (AvgIpc) is 3.09. The molecule has 10 nitrogen and oxygen atoms in total. The normalized spacial score (nSPS) is 20.7. The highest BCUT2D eigenvalue weighted by molar-refractivity contribution is 6.24. The van der Waals surface area contributed by atoms with Crippen molar-refractivity contribution in [1.82, 2.24) is 20.5 Å². The molecule has 1 aromatic carbocycles. The van der Waals surface area contributed by atoms with Crippen LogP contribution in [0, 0.1) is 0 Å². The summed E-state index contributed by atoms with van der Waals surface area (Å²) in [6.07, 6.45) is 3.77. The Morgan fingerprint density at radius 3 is 2.67 bits per heavy atom. The van der Waals surface area contributed by atoms with E-state index in [2.05, 4.69) is 25.8 Å². The second-order valence-corrected chi connectivity index (χ2v) is 8.31. The van der Waals surface area contributed by atoms with Crippen molar-refractivity contribution in [3.05, 3.63) is 53.3 Å². The van der Waals surface area contributed by atoms with Crippen molar-refractivity contribution < 1.29 is 19.2 Å². The van der Waals surface area contributed by atoms with Crippen LogP contribution in [0.3, 0.4) is 0 Å². The van der Waals surface area contributed by atoms with Crippen LogP contribution in [-0.2, 0) is 16.1 Å². The third kappa shape index (κ3) is 3.93. The zero-order chi connectivity index (χ0) is 22.9. The Hall–Kier alpha value is -3.79. The third-order valence-corrected chi connectivity index (χ3v) is 6.24. The third-order valence-electron chi connectivity index (χ3n) is 6.24. The number of imide groups is 2. The number of rotatable bonds is 5. The minimum Gasteiger partial charge on any atom is -0.380 e. The van der Waals surface area contributed by atoms with E-state index in [1.807, 2.05) is 12.3 Å². The molecule has 3 aliphatic heterocycles. The van der Waals surface area contributed by atoms with Gasteiger partial charge in [0.05, 0.1) is 34.9 Å². The van der Waals surface area contributed by atoms with E-state index in [1.54, 1.807) is 24.4 Å². The summed E-state index contributed by atoms with van der Waals surface area (Å²) in [5.41, 5.74) is 3.06. The molecule has 33 heavy (non-hydrogen) atoms. The Bertz CT molecular complexity index is 1140. The molecule has 5 rings (SSSR count). The predicted octanol–water partition coefficient (Wildman–Crippen LogP) is 0.505. The number of nitrogens with zero attached hydrogens (tertiary/aromatic N) is 3. The van der Waals surface area contributed by atoms with Crippen molar-refractivity contribution in [1.29, 1.82) is 0 Å². The van der Waals surface area contributed by atoms with E-state index in [4.69, 9.17) is 0 Å². The maximum atomic E-state index is 13.2. The van der Waals surface area contributed by atoms with Gasteiger partial charge in [-0.1, -0.05) is 12.1 Å². The van der Waals surface area contributed by atoms with Gasteiger partial charge in [0.1, 0.15) is 6.04 Å². The molecule has 0 bridgehead atoms. The molecule has 2 fully saturated rings. The summed E-state index contributed by atoms with van der Waals surface area (Å²) < 4.78 is 0. The fourth-order valence-electron chi connectivity index (χ4n) is 4.55. The second-order valence-electron chi connectivity index (χ2n) is 8.31. The lowest BCUT2D eigenvalue weighted by Crippen LogP contribution is -2.54. The molecule has 3 aliphatic rings. The van der Waals surface area contributed by atoms with Gasteiger partial charge in [0.25, 0.3) is 11.8 Å². The number of hydrogen-bond acceptors (Lipinski definition) is 8. The van der Waals surface area contributed by atoms with Crippen molar-refractivity contribution in [2.75, 3.05) is 36.4 Å². The van der Waals surface area contributed by atoms with Crippen LogP contribution in [0.5, 0.6) is 0 Å². The molecule has 4 heterocycles. The number of nitrogens with one attached hydrogen (secondary N) is 3. The summed E-state index contributed by atoms with van der Waals surface area (Å²) in [5.74, 6) is -2.02. The van der Waals surface area contributed by atoms with Gasteiger partial charge in [0, 0.05) is 39.1 Å². The monoisotopic (exact) mass is 448 g/mol. The number of fused-ring (bicyclic) bond motifs is 1. The first-order valence-corrected chi connectivity index (χ1v) is 11.0. The quantitative estimate of drug-likeness (QED) is 0.565. The molecule has 10 heteroatoms. The fourth-order valence-corrected chi connectivity index (χ4v) is 4.55. The summed E-state index contributed by atoms with van der Waals surface area (Å²) in [6, 6.07) is 6.15. The molecule has 170 valence electrons. The minimum atomic E-state index is -0.976. The number of hydrogen-bond donors (Lipinski definition) is 3. The topological polar surface area (TPSA) is 124 Å². The van der Waals surface area contributed by atoms with Gasteiger partial charge >= 0.3 is 0 Å². The molecular weight excluding hydrogens is 424 g/mol. The minimum absolute atomic E-state index is 0.0919. The standard InChI is InChI=1S/C23H24N6O4/c30-19-5-4-18(21(31)27-19)29-22(32)17-3-1-2-14(20(17)23(29)33)11-26-15-10-16(13-25-12-15)28-8-6-24-7-9-28/h1-3,10,12-13,18,24,26H,4-9,11H2,(H,27,30,31). The van der Waals surface area contributed by atoms with E-state index in [0.717, 1.165) is 42.5 Å². The van der Waals surface area contributed by atoms with E-state index >= 15 is 0 Å². The van der Waals surface area contributed by atoms with Crippen LogP contribution >= 0.6 is 0 Å². The molecule has 0 spiro atoms. The molecule has 2 aromatic rings. The molecule has 3 N–H and O–H groups in total. The molecular formula is C23H24N6O4. The maximum Gasteiger partial charge on any atom is 0.262 e.